The Morgan fingerprint density at radius 3 is 2.69 bits per heavy atom. The molecule has 0 saturated heterocycles. The first-order chi connectivity index (χ1) is 12.6. The molecule has 3 rings (SSSR count). The molecule has 5 nitrogen and oxygen atoms in total. The van der Waals surface area contributed by atoms with E-state index in [0.29, 0.717) is 33.2 Å². The zero-order chi connectivity index (χ0) is 18.5. The molecule has 0 bridgehead atoms. The van der Waals surface area contributed by atoms with E-state index in [1.807, 2.05) is 30.3 Å². The molecule has 26 heavy (non-hydrogen) atoms. The molecule has 1 heterocycles. The number of nitrogens with zero attached hydrogens (tertiary/aromatic N) is 2. The predicted octanol–water partition coefficient (Wildman–Crippen LogP) is 4.93. The number of rotatable bonds is 5. The van der Waals surface area contributed by atoms with Gasteiger partial charge in [-0.05, 0) is 33.6 Å². The number of carbonyl (C=O) groups excluding carboxylic acids is 1. The van der Waals surface area contributed by atoms with Gasteiger partial charge in [-0.2, -0.15) is 0 Å². The van der Waals surface area contributed by atoms with Gasteiger partial charge in [-0.25, -0.2) is 14.8 Å². The average molecular weight is 434 g/mol. The number of methoxy groups -OCH3 is 1. The molecule has 0 unspecified atom stereocenters. The summed E-state index contributed by atoms with van der Waals surface area (Å²) in [7, 11) is 1.30. The van der Waals surface area contributed by atoms with Crippen LogP contribution in [-0.2, 0) is 11.3 Å². The van der Waals surface area contributed by atoms with Gasteiger partial charge in [0.1, 0.15) is 22.7 Å². The van der Waals surface area contributed by atoms with Crippen LogP contribution in [0, 0.1) is 0 Å². The third kappa shape index (κ3) is 4.20. The lowest BCUT2D eigenvalue weighted by atomic mass is 10.1. The van der Waals surface area contributed by atoms with Crippen molar-refractivity contribution in [3.05, 3.63) is 75.6 Å². The SMILES string of the molecule is COC(=O)c1cnc(Br)c(-c2ccc(Cl)c(OCc3ccccc3)c2)n1. The Morgan fingerprint density at radius 1 is 1.19 bits per heavy atom. The zero-order valence-corrected chi connectivity index (χ0v) is 16.1. The van der Waals surface area contributed by atoms with E-state index in [2.05, 4.69) is 25.9 Å². The maximum absolute atomic E-state index is 11.7. The van der Waals surface area contributed by atoms with Crippen LogP contribution in [0.3, 0.4) is 0 Å². The number of aromatic nitrogens is 2. The number of carbonyl (C=O) groups is 1. The van der Waals surface area contributed by atoms with Gasteiger partial charge in [0, 0.05) is 5.56 Å². The third-order valence-electron chi connectivity index (χ3n) is 3.56. The summed E-state index contributed by atoms with van der Waals surface area (Å²) in [5.74, 6) is -0.0362. The molecule has 0 spiro atoms. The van der Waals surface area contributed by atoms with Crippen molar-refractivity contribution in [1.29, 1.82) is 0 Å². The second kappa shape index (κ2) is 8.29. The molecule has 7 heteroatoms. The van der Waals surface area contributed by atoms with Gasteiger partial charge >= 0.3 is 5.97 Å². The number of esters is 1. The molecular weight excluding hydrogens is 420 g/mol. The molecule has 0 N–H and O–H groups in total. The van der Waals surface area contributed by atoms with Crippen LogP contribution in [-0.4, -0.2) is 23.0 Å². The van der Waals surface area contributed by atoms with Gasteiger partial charge in [0.2, 0.25) is 0 Å². The zero-order valence-electron chi connectivity index (χ0n) is 13.8. The first kappa shape index (κ1) is 18.4. The predicted molar refractivity (Wildman–Crippen MR) is 102 cm³/mol. The lowest BCUT2D eigenvalue weighted by molar-refractivity contribution is 0.0593. The van der Waals surface area contributed by atoms with Crippen LogP contribution in [0.4, 0.5) is 0 Å². The van der Waals surface area contributed by atoms with Gasteiger partial charge in [-0.15, -0.1) is 0 Å². The quantitative estimate of drug-likeness (QED) is 0.534. The highest BCUT2D eigenvalue weighted by Gasteiger charge is 2.15. The van der Waals surface area contributed by atoms with Crippen molar-refractivity contribution in [3.8, 4) is 17.0 Å². The number of hydrogen-bond acceptors (Lipinski definition) is 5. The van der Waals surface area contributed by atoms with Gasteiger partial charge in [0.15, 0.2) is 5.69 Å². The molecule has 132 valence electrons. The molecule has 0 aliphatic rings. The fourth-order valence-electron chi connectivity index (χ4n) is 2.26. The number of hydrogen-bond donors (Lipinski definition) is 0. The minimum atomic E-state index is -0.555. The summed E-state index contributed by atoms with van der Waals surface area (Å²) in [5.41, 5.74) is 2.35. The van der Waals surface area contributed by atoms with Crippen molar-refractivity contribution in [3.63, 3.8) is 0 Å². The number of halogens is 2. The van der Waals surface area contributed by atoms with E-state index in [1.165, 1.54) is 13.3 Å². The van der Waals surface area contributed by atoms with Crippen molar-refractivity contribution in [2.24, 2.45) is 0 Å². The second-order valence-electron chi connectivity index (χ2n) is 5.31. The van der Waals surface area contributed by atoms with Crippen LogP contribution in [0.15, 0.2) is 59.3 Å². The minimum Gasteiger partial charge on any atom is -0.487 e. The van der Waals surface area contributed by atoms with Crippen molar-refractivity contribution < 1.29 is 14.3 Å². The Balaban J connectivity index is 1.91. The van der Waals surface area contributed by atoms with Crippen LogP contribution < -0.4 is 4.74 Å². The lowest BCUT2D eigenvalue weighted by Gasteiger charge is -2.11. The Bertz CT molecular complexity index is 935. The largest absolute Gasteiger partial charge is 0.487 e. The Kier molecular flexibility index (Phi) is 5.85. The van der Waals surface area contributed by atoms with E-state index in [1.54, 1.807) is 18.2 Å². The smallest absolute Gasteiger partial charge is 0.358 e. The topological polar surface area (TPSA) is 61.3 Å². The Labute approximate surface area is 164 Å². The van der Waals surface area contributed by atoms with Gasteiger partial charge < -0.3 is 9.47 Å². The summed E-state index contributed by atoms with van der Waals surface area (Å²) >= 11 is 9.60. The van der Waals surface area contributed by atoms with Crippen molar-refractivity contribution in [2.75, 3.05) is 7.11 Å². The molecule has 0 fully saturated rings. The molecular formula is C19H14BrClN2O3. The summed E-state index contributed by atoms with van der Waals surface area (Å²) in [4.78, 5) is 20.2. The summed E-state index contributed by atoms with van der Waals surface area (Å²) in [5, 5.41) is 0.484. The third-order valence-corrected chi connectivity index (χ3v) is 4.46. The highest BCUT2D eigenvalue weighted by molar-refractivity contribution is 9.10. The molecule has 0 radical (unpaired) electrons. The Hall–Kier alpha value is -2.44. The first-order valence-corrected chi connectivity index (χ1v) is 8.83. The van der Waals surface area contributed by atoms with Crippen LogP contribution in [0.1, 0.15) is 16.1 Å². The van der Waals surface area contributed by atoms with E-state index < -0.39 is 5.97 Å². The first-order valence-electron chi connectivity index (χ1n) is 7.66. The second-order valence-corrected chi connectivity index (χ2v) is 6.46. The van der Waals surface area contributed by atoms with Crippen molar-refractivity contribution in [1.82, 2.24) is 9.97 Å². The fraction of sp³-hybridized carbons (Fsp3) is 0.105. The molecule has 0 aliphatic heterocycles. The average Bonchev–Trinajstić information content (AvgIpc) is 2.68. The standard InChI is InChI=1S/C19H14BrClN2O3/c1-25-19(24)15-10-22-18(20)17(23-15)13-7-8-14(21)16(9-13)26-11-12-5-3-2-4-6-12/h2-10H,11H2,1H3. The van der Waals surface area contributed by atoms with Crippen LogP contribution in [0.25, 0.3) is 11.3 Å². The summed E-state index contributed by atoms with van der Waals surface area (Å²) < 4.78 is 11.0. The van der Waals surface area contributed by atoms with Crippen molar-refractivity contribution in [2.45, 2.75) is 6.61 Å². The molecule has 0 amide bonds. The van der Waals surface area contributed by atoms with E-state index >= 15 is 0 Å². The maximum atomic E-state index is 11.7. The minimum absolute atomic E-state index is 0.118. The summed E-state index contributed by atoms with van der Waals surface area (Å²) in [6, 6.07) is 15.1. The number of ether oxygens (including phenoxy) is 2. The Morgan fingerprint density at radius 2 is 1.96 bits per heavy atom. The summed E-state index contributed by atoms with van der Waals surface area (Å²) in [6.07, 6.45) is 1.35. The van der Waals surface area contributed by atoms with E-state index in [0.717, 1.165) is 5.56 Å². The van der Waals surface area contributed by atoms with Gasteiger partial charge in [0.05, 0.1) is 18.3 Å². The van der Waals surface area contributed by atoms with Crippen LogP contribution in [0.2, 0.25) is 5.02 Å². The van der Waals surface area contributed by atoms with Crippen LogP contribution >= 0.6 is 27.5 Å². The van der Waals surface area contributed by atoms with Crippen LogP contribution in [0.5, 0.6) is 5.75 Å². The van der Waals surface area contributed by atoms with Crippen molar-refractivity contribution >= 4 is 33.5 Å². The fourth-order valence-corrected chi connectivity index (χ4v) is 2.85. The highest BCUT2D eigenvalue weighted by atomic mass is 79.9. The molecule has 2 aromatic carbocycles. The van der Waals surface area contributed by atoms with Gasteiger partial charge in [0.25, 0.3) is 0 Å². The van der Waals surface area contributed by atoms with E-state index in [-0.39, 0.29) is 5.69 Å². The molecule has 0 saturated carbocycles. The molecule has 1 aromatic heterocycles. The van der Waals surface area contributed by atoms with E-state index in [9.17, 15) is 4.79 Å². The lowest BCUT2D eigenvalue weighted by Crippen LogP contribution is -2.06. The summed E-state index contributed by atoms with van der Waals surface area (Å²) in [6.45, 7) is 0.388. The number of benzene rings is 2. The highest BCUT2D eigenvalue weighted by Crippen LogP contribution is 2.33. The molecule has 0 atom stereocenters. The van der Waals surface area contributed by atoms with Gasteiger partial charge in [-0.3, -0.25) is 0 Å². The maximum Gasteiger partial charge on any atom is 0.358 e. The van der Waals surface area contributed by atoms with E-state index in [4.69, 9.17) is 21.1 Å². The molecule has 3 aromatic rings. The van der Waals surface area contributed by atoms with Gasteiger partial charge in [-0.1, -0.05) is 48.0 Å². The normalized spacial score (nSPS) is 10.4. The monoisotopic (exact) mass is 432 g/mol. The molecule has 0 aliphatic carbocycles.